The van der Waals surface area contributed by atoms with Gasteiger partial charge in [-0.05, 0) is 53.3 Å². The molecule has 3 rings (SSSR count). The number of hydrogen-bond acceptors (Lipinski definition) is 4. The summed E-state index contributed by atoms with van der Waals surface area (Å²) in [4.78, 5) is 14.5. The van der Waals surface area contributed by atoms with Crippen LogP contribution in [0.15, 0.2) is 36.4 Å². The van der Waals surface area contributed by atoms with Gasteiger partial charge in [0.05, 0.1) is 14.2 Å². The van der Waals surface area contributed by atoms with Crippen molar-refractivity contribution in [3.8, 4) is 17.2 Å². The van der Waals surface area contributed by atoms with Gasteiger partial charge in [-0.2, -0.15) is 0 Å². The van der Waals surface area contributed by atoms with Crippen LogP contribution in [-0.4, -0.2) is 38.2 Å². The SMILES string of the molecule is COc1cc2c(cc1OC)CN(C(=O)COc1cccc(C(C)C)c1)CC2. The Morgan fingerprint density at radius 2 is 1.78 bits per heavy atom. The van der Waals surface area contributed by atoms with Crippen LogP contribution in [0.5, 0.6) is 17.2 Å². The maximum Gasteiger partial charge on any atom is 0.260 e. The summed E-state index contributed by atoms with van der Waals surface area (Å²) in [5, 5.41) is 0. The Morgan fingerprint density at radius 1 is 1.07 bits per heavy atom. The van der Waals surface area contributed by atoms with Gasteiger partial charge in [0.2, 0.25) is 0 Å². The first kappa shape index (κ1) is 19.1. The van der Waals surface area contributed by atoms with Gasteiger partial charge in [0.25, 0.3) is 5.91 Å². The van der Waals surface area contributed by atoms with Crippen molar-refractivity contribution in [2.45, 2.75) is 32.7 Å². The minimum Gasteiger partial charge on any atom is -0.493 e. The topological polar surface area (TPSA) is 48.0 Å². The van der Waals surface area contributed by atoms with Gasteiger partial charge < -0.3 is 19.1 Å². The number of hydrogen-bond donors (Lipinski definition) is 0. The molecule has 0 saturated carbocycles. The minimum atomic E-state index is -0.00890. The molecular formula is C22H27NO4. The molecule has 1 aliphatic rings. The number of carbonyl (C=O) groups is 1. The summed E-state index contributed by atoms with van der Waals surface area (Å²) >= 11 is 0. The molecule has 0 unspecified atom stereocenters. The lowest BCUT2D eigenvalue weighted by Gasteiger charge is -2.29. The average molecular weight is 369 g/mol. The summed E-state index contributed by atoms with van der Waals surface area (Å²) < 4.78 is 16.5. The predicted octanol–water partition coefficient (Wildman–Crippen LogP) is 3.79. The van der Waals surface area contributed by atoms with Crippen molar-refractivity contribution in [2.24, 2.45) is 0 Å². The van der Waals surface area contributed by atoms with Crippen molar-refractivity contribution in [1.82, 2.24) is 4.90 Å². The largest absolute Gasteiger partial charge is 0.493 e. The van der Waals surface area contributed by atoms with Gasteiger partial charge in [0.15, 0.2) is 18.1 Å². The number of carbonyl (C=O) groups excluding carboxylic acids is 1. The Balaban J connectivity index is 1.65. The quantitative estimate of drug-likeness (QED) is 0.777. The molecule has 1 aliphatic heterocycles. The molecule has 0 N–H and O–H groups in total. The van der Waals surface area contributed by atoms with Crippen LogP contribution in [0.25, 0.3) is 0 Å². The summed E-state index contributed by atoms with van der Waals surface area (Å²) in [6, 6.07) is 11.9. The van der Waals surface area contributed by atoms with Crippen LogP contribution >= 0.6 is 0 Å². The highest BCUT2D eigenvalue weighted by Gasteiger charge is 2.23. The molecule has 5 heteroatoms. The van der Waals surface area contributed by atoms with Crippen molar-refractivity contribution in [3.05, 3.63) is 53.1 Å². The van der Waals surface area contributed by atoms with Gasteiger partial charge in [-0.3, -0.25) is 4.79 Å². The number of rotatable bonds is 6. The van der Waals surface area contributed by atoms with Crippen LogP contribution in [0.1, 0.15) is 36.5 Å². The lowest BCUT2D eigenvalue weighted by Crippen LogP contribution is -2.38. The molecule has 5 nitrogen and oxygen atoms in total. The van der Waals surface area contributed by atoms with Crippen molar-refractivity contribution < 1.29 is 19.0 Å². The van der Waals surface area contributed by atoms with E-state index in [1.807, 2.05) is 35.2 Å². The number of ether oxygens (including phenoxy) is 3. The van der Waals surface area contributed by atoms with Gasteiger partial charge in [-0.25, -0.2) is 0 Å². The standard InChI is InChI=1S/C22H27NO4/c1-15(2)16-6-5-7-19(10-16)27-14-22(24)23-9-8-17-11-20(25-3)21(26-4)12-18(17)13-23/h5-7,10-12,15H,8-9,13-14H2,1-4H3. The summed E-state index contributed by atoms with van der Waals surface area (Å²) in [5.41, 5.74) is 3.49. The molecule has 27 heavy (non-hydrogen) atoms. The van der Waals surface area contributed by atoms with Crippen LogP contribution in [0.3, 0.4) is 0 Å². The smallest absolute Gasteiger partial charge is 0.260 e. The summed E-state index contributed by atoms with van der Waals surface area (Å²) in [7, 11) is 3.25. The number of fused-ring (bicyclic) bond motifs is 1. The second kappa shape index (κ2) is 8.33. The Bertz CT molecular complexity index is 816. The predicted molar refractivity (Wildman–Crippen MR) is 105 cm³/mol. The number of amides is 1. The Kier molecular flexibility index (Phi) is 5.89. The molecule has 0 spiro atoms. The maximum absolute atomic E-state index is 12.6. The fraction of sp³-hybridized carbons (Fsp3) is 0.409. The molecule has 1 heterocycles. The first-order valence-electron chi connectivity index (χ1n) is 9.26. The van der Waals surface area contributed by atoms with E-state index in [1.165, 1.54) is 11.1 Å². The first-order valence-corrected chi connectivity index (χ1v) is 9.26. The fourth-order valence-electron chi connectivity index (χ4n) is 3.30. The van der Waals surface area contributed by atoms with E-state index >= 15 is 0 Å². The Hall–Kier alpha value is -2.69. The zero-order valence-corrected chi connectivity index (χ0v) is 16.5. The van der Waals surface area contributed by atoms with Crippen LogP contribution in [0.4, 0.5) is 0 Å². The summed E-state index contributed by atoms with van der Waals surface area (Å²) in [6.45, 7) is 5.56. The highest BCUT2D eigenvalue weighted by atomic mass is 16.5. The highest BCUT2D eigenvalue weighted by molar-refractivity contribution is 5.78. The zero-order chi connectivity index (χ0) is 19.4. The van der Waals surface area contributed by atoms with E-state index in [-0.39, 0.29) is 12.5 Å². The molecule has 0 bridgehead atoms. The number of nitrogens with zero attached hydrogens (tertiary/aromatic N) is 1. The van der Waals surface area contributed by atoms with Gasteiger partial charge >= 0.3 is 0 Å². The normalized spacial score (nSPS) is 13.3. The van der Waals surface area contributed by atoms with E-state index in [2.05, 4.69) is 19.9 Å². The van der Waals surface area contributed by atoms with Crippen LogP contribution in [0, 0.1) is 0 Å². The van der Waals surface area contributed by atoms with Crippen LogP contribution in [-0.2, 0) is 17.8 Å². The molecule has 0 atom stereocenters. The second-order valence-corrected chi connectivity index (χ2v) is 7.06. The molecule has 0 fully saturated rings. The lowest BCUT2D eigenvalue weighted by atomic mass is 9.99. The van der Waals surface area contributed by atoms with Gasteiger partial charge in [-0.15, -0.1) is 0 Å². The van der Waals surface area contributed by atoms with E-state index in [4.69, 9.17) is 14.2 Å². The van der Waals surface area contributed by atoms with Crippen molar-refractivity contribution in [2.75, 3.05) is 27.4 Å². The molecule has 0 aliphatic carbocycles. The zero-order valence-electron chi connectivity index (χ0n) is 16.5. The van der Waals surface area contributed by atoms with Gasteiger partial charge in [0.1, 0.15) is 5.75 Å². The fourth-order valence-corrected chi connectivity index (χ4v) is 3.30. The molecule has 0 aromatic heterocycles. The third kappa shape index (κ3) is 4.35. The van der Waals surface area contributed by atoms with Crippen LogP contribution < -0.4 is 14.2 Å². The van der Waals surface area contributed by atoms with E-state index in [0.717, 1.165) is 23.5 Å². The number of methoxy groups -OCH3 is 2. The van der Waals surface area contributed by atoms with E-state index in [0.29, 0.717) is 24.8 Å². The molecular weight excluding hydrogens is 342 g/mol. The van der Waals surface area contributed by atoms with Crippen molar-refractivity contribution in [3.63, 3.8) is 0 Å². The Morgan fingerprint density at radius 3 is 2.44 bits per heavy atom. The van der Waals surface area contributed by atoms with E-state index in [9.17, 15) is 4.79 Å². The first-order chi connectivity index (χ1) is 13.0. The molecule has 2 aromatic carbocycles. The molecule has 0 saturated heterocycles. The Labute approximate surface area is 160 Å². The van der Waals surface area contributed by atoms with Gasteiger partial charge in [-0.1, -0.05) is 26.0 Å². The highest BCUT2D eigenvalue weighted by Crippen LogP contribution is 2.33. The third-order valence-electron chi connectivity index (χ3n) is 4.96. The average Bonchev–Trinajstić information content (AvgIpc) is 2.70. The molecule has 144 valence electrons. The summed E-state index contributed by atoms with van der Waals surface area (Å²) in [5.74, 6) is 2.57. The van der Waals surface area contributed by atoms with Gasteiger partial charge in [0, 0.05) is 13.1 Å². The molecule has 0 radical (unpaired) electrons. The van der Waals surface area contributed by atoms with Crippen molar-refractivity contribution >= 4 is 5.91 Å². The minimum absolute atomic E-state index is 0.00890. The lowest BCUT2D eigenvalue weighted by molar-refractivity contribution is -0.134. The van der Waals surface area contributed by atoms with Crippen molar-refractivity contribution in [1.29, 1.82) is 0 Å². The third-order valence-corrected chi connectivity index (χ3v) is 4.96. The van der Waals surface area contributed by atoms with Crippen LogP contribution in [0.2, 0.25) is 0 Å². The van der Waals surface area contributed by atoms with E-state index in [1.54, 1.807) is 14.2 Å². The molecule has 2 aromatic rings. The number of benzene rings is 2. The second-order valence-electron chi connectivity index (χ2n) is 7.06. The monoisotopic (exact) mass is 369 g/mol. The summed E-state index contributed by atoms with van der Waals surface area (Å²) in [6.07, 6.45) is 0.796. The maximum atomic E-state index is 12.6. The van der Waals surface area contributed by atoms with E-state index < -0.39 is 0 Å². The molecule has 1 amide bonds.